The number of hydrogen-bond donors (Lipinski definition) is 15. The number of amides is 9. The van der Waals surface area contributed by atoms with Gasteiger partial charge in [-0.1, -0.05) is 44.2 Å². The number of aliphatic hydroxyl groups is 3. The minimum Gasteiger partial charge on any atom is -0.394 e. The molecule has 1 saturated heterocycles. The van der Waals surface area contributed by atoms with E-state index in [1.54, 1.807) is 44.2 Å². The molecule has 0 aromatic heterocycles. The average molecular weight is 935 g/mol. The third kappa shape index (κ3) is 19.4. The van der Waals surface area contributed by atoms with Gasteiger partial charge >= 0.3 is 0 Å². The molecule has 0 radical (unpaired) electrons. The molecule has 370 valence electrons. The maximum absolute atomic E-state index is 14.2. The van der Waals surface area contributed by atoms with Crippen LogP contribution >= 0.6 is 0 Å². The topological polar surface area (TPSA) is 401 Å². The molecule has 10 atom stereocenters. The lowest BCUT2D eigenvalue weighted by molar-refractivity contribution is -0.136. The minimum atomic E-state index is -1.64. The molecule has 1 heterocycles. The summed E-state index contributed by atoms with van der Waals surface area (Å²) in [6.45, 7) is 4.41. The van der Waals surface area contributed by atoms with E-state index < -0.39 is 140 Å². The zero-order valence-corrected chi connectivity index (χ0v) is 38.0. The lowest BCUT2D eigenvalue weighted by Crippen LogP contribution is -2.61. The van der Waals surface area contributed by atoms with Crippen LogP contribution in [0.25, 0.3) is 0 Å². The van der Waals surface area contributed by atoms with Crippen molar-refractivity contribution < 1.29 is 58.5 Å². The quantitative estimate of drug-likeness (QED) is 0.0691. The van der Waals surface area contributed by atoms with Gasteiger partial charge in [-0.2, -0.15) is 0 Å². The smallest absolute Gasteiger partial charge is 0.245 e. The van der Waals surface area contributed by atoms with E-state index in [2.05, 4.69) is 47.9 Å². The first-order chi connectivity index (χ1) is 31.2. The standard InChI is InChI=1S/C42H70N12O12/c1-22(2)18-30-39(63)50-26(10-14-43)35(59)49-28(12-16-45)38(62)54-34(24(4)57)42(66)46-17-13-29(51-41(65)32(21-55)47-33(58)19-23(3)56)37(61)48-27(11-15-44)36(60)53-31(40(64)52-30)20-25-8-6-5-7-9-25/h5-9,22-24,26-32,34,55-57H,10-21,43-45H2,1-4H3,(H,46,66)(H,47,58)(H,48,61)(H,49,59)(H,50,63)(H,51,65)(H,52,64)(H,53,60)(H,54,62)/t23-,24-,26+,27+,28+,29+,30+,31-,32+,34+/m1/s1. The molecular weight excluding hydrogens is 865 g/mol. The van der Waals surface area contributed by atoms with Crippen LogP contribution in [0, 0.1) is 5.92 Å². The van der Waals surface area contributed by atoms with E-state index in [0.717, 1.165) is 0 Å². The molecule has 24 heteroatoms. The van der Waals surface area contributed by atoms with Gasteiger partial charge in [0.25, 0.3) is 0 Å². The van der Waals surface area contributed by atoms with Gasteiger partial charge in [-0.25, -0.2) is 0 Å². The molecule has 1 aliphatic rings. The summed E-state index contributed by atoms with van der Waals surface area (Å²) in [6.07, 6.45) is -3.89. The number of carbonyl (C=O) groups is 9. The van der Waals surface area contributed by atoms with Gasteiger partial charge in [0.1, 0.15) is 48.3 Å². The fourth-order valence-electron chi connectivity index (χ4n) is 6.80. The second-order valence-corrected chi connectivity index (χ2v) is 16.6. The summed E-state index contributed by atoms with van der Waals surface area (Å²) in [5, 5.41) is 52.7. The molecular formula is C42H70N12O12. The van der Waals surface area contributed by atoms with Gasteiger partial charge in [-0.3, -0.25) is 43.2 Å². The first kappa shape index (κ1) is 56.3. The first-order valence-electron chi connectivity index (χ1n) is 22.1. The predicted molar refractivity (Wildman–Crippen MR) is 239 cm³/mol. The highest BCUT2D eigenvalue weighted by molar-refractivity contribution is 5.98. The monoisotopic (exact) mass is 935 g/mol. The molecule has 0 unspecified atom stereocenters. The summed E-state index contributed by atoms with van der Waals surface area (Å²) >= 11 is 0. The molecule has 1 aromatic carbocycles. The fraction of sp³-hybridized carbons (Fsp3) is 0.643. The first-order valence-corrected chi connectivity index (χ1v) is 22.1. The molecule has 66 heavy (non-hydrogen) atoms. The van der Waals surface area contributed by atoms with E-state index in [9.17, 15) is 58.5 Å². The molecule has 2 rings (SSSR count). The number of hydrogen-bond acceptors (Lipinski definition) is 15. The zero-order valence-electron chi connectivity index (χ0n) is 38.0. The van der Waals surface area contributed by atoms with E-state index >= 15 is 0 Å². The Hall–Kier alpha value is -5.79. The lowest BCUT2D eigenvalue weighted by atomic mass is 10.00. The molecule has 1 aliphatic heterocycles. The fourth-order valence-corrected chi connectivity index (χ4v) is 6.80. The largest absolute Gasteiger partial charge is 0.394 e. The van der Waals surface area contributed by atoms with Crippen molar-refractivity contribution in [3.63, 3.8) is 0 Å². The Morgan fingerprint density at radius 3 is 1.62 bits per heavy atom. The maximum Gasteiger partial charge on any atom is 0.245 e. The number of nitrogens with two attached hydrogens (primary N) is 3. The molecule has 24 nitrogen and oxygen atoms in total. The predicted octanol–water partition coefficient (Wildman–Crippen LogP) is -6.14. The van der Waals surface area contributed by atoms with Gasteiger partial charge in [0, 0.05) is 13.0 Å². The third-order valence-electron chi connectivity index (χ3n) is 10.3. The molecule has 1 fully saturated rings. The summed E-state index contributed by atoms with van der Waals surface area (Å²) in [5.74, 6) is -8.23. The van der Waals surface area contributed by atoms with Crippen molar-refractivity contribution in [1.29, 1.82) is 0 Å². The van der Waals surface area contributed by atoms with E-state index in [1.807, 2.05) is 0 Å². The van der Waals surface area contributed by atoms with Crippen molar-refractivity contribution >= 4 is 53.2 Å². The summed E-state index contributed by atoms with van der Waals surface area (Å²) in [7, 11) is 0. The van der Waals surface area contributed by atoms with Gasteiger partial charge < -0.3 is 80.4 Å². The van der Waals surface area contributed by atoms with Gasteiger partial charge in [-0.15, -0.1) is 0 Å². The molecule has 0 bridgehead atoms. The number of rotatable bonds is 17. The summed E-state index contributed by atoms with van der Waals surface area (Å²) in [5.41, 5.74) is 18.1. The van der Waals surface area contributed by atoms with Crippen molar-refractivity contribution in [2.45, 2.75) is 133 Å². The normalized spacial score (nSPS) is 24.8. The van der Waals surface area contributed by atoms with Crippen LogP contribution in [-0.4, -0.2) is 162 Å². The summed E-state index contributed by atoms with van der Waals surface area (Å²) in [4.78, 5) is 123. The molecule has 1 aromatic rings. The van der Waals surface area contributed by atoms with E-state index in [1.165, 1.54) is 13.8 Å². The minimum absolute atomic E-state index is 0.0713. The van der Waals surface area contributed by atoms with Crippen molar-refractivity contribution in [3.05, 3.63) is 35.9 Å². The van der Waals surface area contributed by atoms with Crippen molar-refractivity contribution in [2.24, 2.45) is 23.1 Å². The van der Waals surface area contributed by atoms with Crippen molar-refractivity contribution in [2.75, 3.05) is 32.8 Å². The highest BCUT2D eigenvalue weighted by atomic mass is 16.3. The zero-order chi connectivity index (χ0) is 49.5. The molecule has 0 saturated carbocycles. The Morgan fingerprint density at radius 2 is 1.14 bits per heavy atom. The molecule has 0 aliphatic carbocycles. The summed E-state index contributed by atoms with van der Waals surface area (Å²) in [6, 6.07) is -3.02. The molecule has 9 amide bonds. The van der Waals surface area contributed by atoms with Crippen molar-refractivity contribution in [1.82, 2.24) is 47.9 Å². The van der Waals surface area contributed by atoms with Crippen LogP contribution in [-0.2, 0) is 49.6 Å². The highest BCUT2D eigenvalue weighted by Gasteiger charge is 2.36. The second kappa shape index (κ2) is 29.0. The molecule has 0 spiro atoms. The van der Waals surface area contributed by atoms with E-state index in [-0.39, 0.29) is 57.7 Å². The van der Waals surface area contributed by atoms with Crippen LogP contribution in [0.5, 0.6) is 0 Å². The van der Waals surface area contributed by atoms with Gasteiger partial charge in [0.05, 0.1) is 25.2 Å². The van der Waals surface area contributed by atoms with Crippen LogP contribution in [0.4, 0.5) is 0 Å². The Kier molecular flexibility index (Phi) is 24.7. The SMILES string of the molecule is CC(C)C[C@@H]1NC(=O)[C@@H](Cc2ccccc2)NC(=O)[C@H](CCN)NC(=O)[C@@H](NC(=O)[C@H](CO)NC(=O)C[C@@H](C)O)CCNC(=O)[C@H]([C@@H](C)O)NC(=O)[C@H](CCN)NC(=O)[C@H](CCN)NC1=O. The van der Waals surface area contributed by atoms with Gasteiger partial charge in [0.15, 0.2) is 0 Å². The van der Waals surface area contributed by atoms with Gasteiger partial charge in [0.2, 0.25) is 53.2 Å². The van der Waals surface area contributed by atoms with Crippen LogP contribution in [0.3, 0.4) is 0 Å². The Balaban J connectivity index is 2.71. The Bertz CT molecular complexity index is 1790. The third-order valence-corrected chi connectivity index (χ3v) is 10.3. The average Bonchev–Trinajstić information content (AvgIpc) is 3.25. The molecule has 18 N–H and O–H groups in total. The Morgan fingerprint density at radius 1 is 0.667 bits per heavy atom. The lowest BCUT2D eigenvalue weighted by Gasteiger charge is -2.28. The number of carbonyl (C=O) groups excluding carboxylic acids is 9. The number of nitrogens with one attached hydrogen (secondary N) is 9. The van der Waals surface area contributed by atoms with Crippen molar-refractivity contribution in [3.8, 4) is 0 Å². The van der Waals surface area contributed by atoms with Crippen LogP contribution in [0.1, 0.15) is 71.8 Å². The van der Waals surface area contributed by atoms with E-state index in [0.29, 0.717) is 5.56 Å². The Labute approximate surface area is 383 Å². The van der Waals surface area contributed by atoms with Crippen LogP contribution in [0.2, 0.25) is 0 Å². The number of aliphatic hydroxyl groups excluding tert-OH is 3. The van der Waals surface area contributed by atoms with Gasteiger partial charge in [-0.05, 0) is 77.1 Å². The maximum atomic E-state index is 14.2. The highest BCUT2D eigenvalue weighted by Crippen LogP contribution is 2.11. The second-order valence-electron chi connectivity index (χ2n) is 16.6. The van der Waals surface area contributed by atoms with Crippen LogP contribution in [0.15, 0.2) is 30.3 Å². The number of benzene rings is 1. The van der Waals surface area contributed by atoms with E-state index in [4.69, 9.17) is 17.2 Å². The van der Waals surface area contributed by atoms with Crippen LogP contribution < -0.4 is 65.1 Å². The summed E-state index contributed by atoms with van der Waals surface area (Å²) < 4.78 is 0.